The van der Waals surface area contributed by atoms with Crippen molar-refractivity contribution in [3.8, 4) is 10.6 Å². The molecule has 0 unspecified atom stereocenters. The van der Waals surface area contributed by atoms with Crippen molar-refractivity contribution in [3.63, 3.8) is 0 Å². The van der Waals surface area contributed by atoms with Gasteiger partial charge in [-0.15, -0.1) is 10.2 Å². The van der Waals surface area contributed by atoms with E-state index >= 15 is 0 Å². The molecule has 0 aliphatic heterocycles. The number of pyridine rings is 1. The van der Waals surface area contributed by atoms with Crippen LogP contribution >= 0.6 is 11.3 Å². The van der Waals surface area contributed by atoms with Gasteiger partial charge in [-0.3, -0.25) is 10.3 Å². The summed E-state index contributed by atoms with van der Waals surface area (Å²) < 4.78 is 14.2. The monoisotopic (exact) mass is 371 g/mol. The van der Waals surface area contributed by atoms with E-state index in [4.69, 9.17) is 0 Å². The van der Waals surface area contributed by atoms with Gasteiger partial charge in [0.15, 0.2) is 0 Å². The maximum Gasteiger partial charge on any atom is 0.325 e. The molecule has 1 aromatic carbocycles. The number of amides is 2. The van der Waals surface area contributed by atoms with Gasteiger partial charge < -0.3 is 5.32 Å². The Labute approximate surface area is 154 Å². The molecule has 0 spiro atoms. The third kappa shape index (κ3) is 4.20. The van der Waals surface area contributed by atoms with Crippen LogP contribution < -0.4 is 10.6 Å². The fraction of sp³-hybridized carbons (Fsp3) is 0.222. The first kappa shape index (κ1) is 17.9. The van der Waals surface area contributed by atoms with E-state index < -0.39 is 6.03 Å². The number of hydrogen-bond donors (Lipinski definition) is 2. The minimum Gasteiger partial charge on any atom is -0.308 e. The Kier molecular flexibility index (Phi) is 4.94. The zero-order valence-electron chi connectivity index (χ0n) is 14.6. The number of anilines is 2. The van der Waals surface area contributed by atoms with Crippen LogP contribution in [-0.4, -0.2) is 21.2 Å². The first-order valence-corrected chi connectivity index (χ1v) is 8.76. The number of nitrogens with zero attached hydrogens (tertiary/aromatic N) is 3. The van der Waals surface area contributed by atoms with Gasteiger partial charge in [-0.1, -0.05) is 38.2 Å². The second-order valence-electron chi connectivity index (χ2n) is 6.67. The van der Waals surface area contributed by atoms with Gasteiger partial charge in [-0.05, 0) is 35.2 Å². The summed E-state index contributed by atoms with van der Waals surface area (Å²) in [5.74, 6) is -0.355. The molecule has 0 aliphatic rings. The van der Waals surface area contributed by atoms with Crippen molar-refractivity contribution >= 4 is 28.2 Å². The molecular weight excluding hydrogens is 353 g/mol. The highest BCUT2D eigenvalue weighted by atomic mass is 32.1. The fourth-order valence-corrected chi connectivity index (χ4v) is 3.09. The number of halogens is 1. The second-order valence-corrected chi connectivity index (χ2v) is 7.65. The van der Waals surface area contributed by atoms with Crippen LogP contribution in [0, 0.1) is 5.82 Å². The Hall–Kier alpha value is -2.87. The van der Waals surface area contributed by atoms with Gasteiger partial charge in [0.05, 0.1) is 0 Å². The Balaban J connectivity index is 1.66. The molecule has 2 aromatic heterocycles. The predicted octanol–water partition coefficient (Wildman–Crippen LogP) is 4.68. The highest BCUT2D eigenvalue weighted by Gasteiger charge is 2.19. The maximum absolute atomic E-state index is 14.2. The highest BCUT2D eigenvalue weighted by molar-refractivity contribution is 7.18. The Morgan fingerprint density at radius 3 is 2.46 bits per heavy atom. The zero-order valence-corrected chi connectivity index (χ0v) is 15.4. The molecule has 8 heteroatoms. The van der Waals surface area contributed by atoms with Gasteiger partial charge in [-0.2, -0.15) is 0 Å². The summed E-state index contributed by atoms with van der Waals surface area (Å²) in [5.41, 5.74) is 1.52. The predicted molar refractivity (Wildman–Crippen MR) is 101 cm³/mol. The van der Waals surface area contributed by atoms with E-state index in [1.165, 1.54) is 17.4 Å². The van der Waals surface area contributed by atoms with E-state index in [9.17, 15) is 9.18 Å². The first-order valence-electron chi connectivity index (χ1n) is 7.95. The van der Waals surface area contributed by atoms with Crippen LogP contribution in [-0.2, 0) is 5.41 Å². The topological polar surface area (TPSA) is 79.8 Å². The van der Waals surface area contributed by atoms with Crippen molar-refractivity contribution in [3.05, 3.63) is 54.1 Å². The van der Waals surface area contributed by atoms with Gasteiger partial charge in [0.1, 0.15) is 10.8 Å². The van der Waals surface area contributed by atoms with Gasteiger partial charge in [-0.25, -0.2) is 9.18 Å². The molecule has 2 N–H and O–H groups in total. The summed E-state index contributed by atoms with van der Waals surface area (Å²) in [6.07, 6.45) is 3.32. The van der Waals surface area contributed by atoms with Gasteiger partial charge in [0.2, 0.25) is 5.13 Å². The average molecular weight is 371 g/mol. The van der Waals surface area contributed by atoms with E-state index in [0.29, 0.717) is 21.4 Å². The number of aromatic nitrogens is 3. The molecule has 134 valence electrons. The summed E-state index contributed by atoms with van der Waals surface area (Å²) in [6, 6.07) is 7.77. The number of carbonyl (C=O) groups excluding carboxylic acids is 1. The summed E-state index contributed by atoms with van der Waals surface area (Å²) in [4.78, 5) is 16.1. The molecule has 3 rings (SSSR count). The second kappa shape index (κ2) is 7.17. The van der Waals surface area contributed by atoms with Crippen LogP contribution in [0.5, 0.6) is 0 Å². The third-order valence-electron chi connectivity index (χ3n) is 3.61. The van der Waals surface area contributed by atoms with Crippen LogP contribution in [0.1, 0.15) is 26.3 Å². The summed E-state index contributed by atoms with van der Waals surface area (Å²) in [5, 5.41) is 14.2. The van der Waals surface area contributed by atoms with E-state index in [0.717, 1.165) is 5.56 Å². The molecule has 0 atom stereocenters. The lowest BCUT2D eigenvalue weighted by atomic mass is 9.86. The number of nitrogens with one attached hydrogen (secondary N) is 2. The van der Waals surface area contributed by atoms with Crippen molar-refractivity contribution < 1.29 is 9.18 Å². The minimum atomic E-state index is -0.509. The molecule has 0 saturated carbocycles. The fourth-order valence-electron chi connectivity index (χ4n) is 2.35. The minimum absolute atomic E-state index is 0.305. The Morgan fingerprint density at radius 1 is 1.08 bits per heavy atom. The molecule has 0 aliphatic carbocycles. The van der Waals surface area contributed by atoms with Crippen molar-refractivity contribution in [1.29, 1.82) is 0 Å². The molecule has 0 radical (unpaired) electrons. The van der Waals surface area contributed by atoms with Crippen molar-refractivity contribution in [2.24, 2.45) is 0 Å². The summed E-state index contributed by atoms with van der Waals surface area (Å²) in [6.45, 7) is 5.79. The molecule has 0 saturated heterocycles. The smallest absolute Gasteiger partial charge is 0.308 e. The highest BCUT2D eigenvalue weighted by Crippen LogP contribution is 2.28. The molecule has 2 heterocycles. The third-order valence-corrected chi connectivity index (χ3v) is 4.50. The van der Waals surface area contributed by atoms with Gasteiger partial charge >= 0.3 is 6.03 Å². The van der Waals surface area contributed by atoms with E-state index in [-0.39, 0.29) is 11.2 Å². The van der Waals surface area contributed by atoms with E-state index in [1.54, 1.807) is 24.5 Å². The first-order chi connectivity index (χ1) is 12.3. The van der Waals surface area contributed by atoms with Gasteiger partial charge in [0, 0.05) is 23.6 Å². The number of rotatable bonds is 3. The lowest BCUT2D eigenvalue weighted by Crippen LogP contribution is -2.20. The lowest BCUT2D eigenvalue weighted by molar-refractivity contribution is 0.262. The van der Waals surface area contributed by atoms with Crippen LogP contribution in [0.25, 0.3) is 10.6 Å². The normalized spacial score (nSPS) is 11.2. The molecule has 2 amide bonds. The van der Waals surface area contributed by atoms with E-state index in [1.807, 2.05) is 32.9 Å². The summed E-state index contributed by atoms with van der Waals surface area (Å²) >= 11 is 1.24. The largest absolute Gasteiger partial charge is 0.325 e. The SMILES string of the molecule is CC(C)(C)c1ccc(NC(=O)Nc2nnc(-c3ccncc3)s2)cc1F. The molecule has 3 aromatic rings. The zero-order chi connectivity index (χ0) is 18.7. The van der Waals surface area contributed by atoms with Crippen LogP contribution in [0.15, 0.2) is 42.7 Å². The van der Waals surface area contributed by atoms with Crippen LogP contribution in [0.2, 0.25) is 0 Å². The average Bonchev–Trinajstić information content (AvgIpc) is 3.03. The van der Waals surface area contributed by atoms with Crippen LogP contribution in [0.3, 0.4) is 0 Å². The van der Waals surface area contributed by atoms with Crippen molar-refractivity contribution in [1.82, 2.24) is 15.2 Å². The maximum atomic E-state index is 14.2. The van der Waals surface area contributed by atoms with Crippen LogP contribution in [0.4, 0.5) is 20.0 Å². The van der Waals surface area contributed by atoms with Gasteiger partial charge in [0.25, 0.3) is 0 Å². The summed E-state index contributed by atoms with van der Waals surface area (Å²) in [7, 11) is 0. The van der Waals surface area contributed by atoms with Crippen molar-refractivity contribution in [2.45, 2.75) is 26.2 Å². The standard InChI is InChI=1S/C18H18FN5OS/c1-18(2,3)13-5-4-12(10-14(13)19)21-16(25)22-17-24-23-15(26-17)11-6-8-20-9-7-11/h4-10H,1-3H3,(H2,21,22,24,25). The quantitative estimate of drug-likeness (QED) is 0.700. The lowest BCUT2D eigenvalue weighted by Gasteiger charge is -2.20. The Morgan fingerprint density at radius 2 is 1.81 bits per heavy atom. The number of urea groups is 1. The Bertz CT molecular complexity index is 921. The molecular formula is C18H18FN5OS. The molecule has 0 fully saturated rings. The van der Waals surface area contributed by atoms with Crippen molar-refractivity contribution in [2.75, 3.05) is 10.6 Å². The number of carbonyl (C=O) groups is 1. The molecule has 0 bridgehead atoms. The molecule has 6 nitrogen and oxygen atoms in total. The number of benzene rings is 1. The molecule has 26 heavy (non-hydrogen) atoms. The van der Waals surface area contributed by atoms with E-state index in [2.05, 4.69) is 25.8 Å². The number of hydrogen-bond acceptors (Lipinski definition) is 5.